The van der Waals surface area contributed by atoms with Gasteiger partial charge in [0.15, 0.2) is 0 Å². The average molecular weight is 182 g/mol. The zero-order valence-corrected chi connectivity index (χ0v) is 8.38. The van der Waals surface area contributed by atoms with Crippen molar-refractivity contribution in [3.63, 3.8) is 0 Å². The molecule has 2 N–H and O–H groups in total. The minimum Gasteiger partial charge on any atom is -0.392 e. The van der Waals surface area contributed by atoms with Crippen LogP contribution < -0.4 is 0 Å². The third-order valence-electron chi connectivity index (χ3n) is 1.66. The molecule has 1 atom stereocenters. The van der Waals surface area contributed by atoms with Crippen LogP contribution in [0.4, 0.5) is 0 Å². The Bertz CT molecular complexity index is 208. The fourth-order valence-corrected chi connectivity index (χ4v) is 0.855. The summed E-state index contributed by atoms with van der Waals surface area (Å²) in [5.74, 6) is 5.52. The van der Waals surface area contributed by atoms with E-state index in [2.05, 4.69) is 18.8 Å². The zero-order chi connectivity index (χ0) is 10.1. The van der Waals surface area contributed by atoms with E-state index in [4.69, 9.17) is 5.11 Å². The fraction of sp³-hybridized carbons (Fsp3) is 0.636. The molecule has 0 rings (SSSR count). The summed E-state index contributed by atoms with van der Waals surface area (Å²) in [6, 6.07) is 0. The van der Waals surface area contributed by atoms with Gasteiger partial charge in [0.1, 0.15) is 6.10 Å². The van der Waals surface area contributed by atoms with Crippen LogP contribution in [0.25, 0.3) is 0 Å². The molecule has 0 aliphatic rings. The first-order valence-corrected chi connectivity index (χ1v) is 4.68. The molecule has 1 unspecified atom stereocenters. The summed E-state index contributed by atoms with van der Waals surface area (Å²) < 4.78 is 0. The molecule has 0 aliphatic heterocycles. The minimum atomic E-state index is -0.526. The molecule has 0 aliphatic carbocycles. The van der Waals surface area contributed by atoms with Crippen LogP contribution in [0.3, 0.4) is 0 Å². The maximum Gasteiger partial charge on any atom is 0.115 e. The van der Waals surface area contributed by atoms with Crippen LogP contribution in [-0.2, 0) is 0 Å². The van der Waals surface area contributed by atoms with Gasteiger partial charge in [0.2, 0.25) is 0 Å². The fourth-order valence-electron chi connectivity index (χ4n) is 0.855. The van der Waals surface area contributed by atoms with Crippen molar-refractivity contribution in [2.75, 3.05) is 6.61 Å². The van der Waals surface area contributed by atoms with Crippen molar-refractivity contribution >= 4 is 0 Å². The van der Waals surface area contributed by atoms with Gasteiger partial charge < -0.3 is 10.2 Å². The summed E-state index contributed by atoms with van der Waals surface area (Å²) in [5.41, 5.74) is 0.804. The van der Waals surface area contributed by atoms with E-state index in [0.29, 0.717) is 0 Å². The third kappa shape index (κ3) is 7.58. The first-order valence-electron chi connectivity index (χ1n) is 4.68. The smallest absolute Gasteiger partial charge is 0.115 e. The number of rotatable bonds is 4. The molecule has 0 fully saturated rings. The minimum absolute atomic E-state index is 0.00552. The second-order valence-electron chi connectivity index (χ2n) is 3.00. The monoisotopic (exact) mass is 182 g/mol. The van der Waals surface area contributed by atoms with Crippen molar-refractivity contribution in [2.45, 2.75) is 39.2 Å². The SMILES string of the molecule is CCCCC(O)C#CC(C)=CCO. The van der Waals surface area contributed by atoms with Gasteiger partial charge >= 0.3 is 0 Å². The van der Waals surface area contributed by atoms with E-state index in [1.54, 1.807) is 6.08 Å². The maximum absolute atomic E-state index is 9.33. The van der Waals surface area contributed by atoms with Gasteiger partial charge in [-0.2, -0.15) is 0 Å². The Morgan fingerprint density at radius 3 is 2.77 bits per heavy atom. The molecule has 0 bridgehead atoms. The lowest BCUT2D eigenvalue weighted by Crippen LogP contribution is -2.01. The second kappa shape index (κ2) is 7.85. The van der Waals surface area contributed by atoms with E-state index in [-0.39, 0.29) is 6.61 Å². The van der Waals surface area contributed by atoms with Crippen molar-refractivity contribution in [3.05, 3.63) is 11.6 Å². The molecule has 0 saturated carbocycles. The number of allylic oxidation sites excluding steroid dienone is 1. The van der Waals surface area contributed by atoms with Crippen molar-refractivity contribution in [1.82, 2.24) is 0 Å². The Hall–Kier alpha value is -0.780. The Kier molecular flexibility index (Phi) is 7.38. The summed E-state index contributed by atoms with van der Waals surface area (Å²) >= 11 is 0. The van der Waals surface area contributed by atoms with Gasteiger partial charge in [-0.1, -0.05) is 31.6 Å². The van der Waals surface area contributed by atoms with Gasteiger partial charge in [-0.25, -0.2) is 0 Å². The van der Waals surface area contributed by atoms with Crippen LogP contribution in [0.15, 0.2) is 11.6 Å². The van der Waals surface area contributed by atoms with E-state index in [1.807, 2.05) is 6.92 Å². The Balaban J connectivity index is 3.86. The highest BCUT2D eigenvalue weighted by Crippen LogP contribution is 1.99. The molecular weight excluding hydrogens is 164 g/mol. The summed E-state index contributed by atoms with van der Waals surface area (Å²) in [5, 5.41) is 17.9. The van der Waals surface area contributed by atoms with Gasteiger partial charge in [-0.05, 0) is 25.0 Å². The largest absolute Gasteiger partial charge is 0.392 e. The third-order valence-corrected chi connectivity index (χ3v) is 1.66. The highest BCUT2D eigenvalue weighted by atomic mass is 16.3. The van der Waals surface area contributed by atoms with Crippen molar-refractivity contribution in [2.24, 2.45) is 0 Å². The number of hydrogen-bond donors (Lipinski definition) is 2. The van der Waals surface area contributed by atoms with Crippen LogP contribution in [0.5, 0.6) is 0 Å². The molecule has 74 valence electrons. The van der Waals surface area contributed by atoms with Crippen molar-refractivity contribution in [1.29, 1.82) is 0 Å². The number of aliphatic hydroxyl groups is 2. The first-order chi connectivity index (χ1) is 6.20. The molecule has 0 aromatic rings. The summed E-state index contributed by atoms with van der Waals surface area (Å²) in [4.78, 5) is 0. The Labute approximate surface area is 80.3 Å². The predicted octanol–water partition coefficient (Wildman–Crippen LogP) is 1.48. The van der Waals surface area contributed by atoms with Crippen molar-refractivity contribution < 1.29 is 10.2 Å². The predicted molar refractivity (Wildman–Crippen MR) is 54.2 cm³/mol. The van der Waals surface area contributed by atoms with Gasteiger partial charge in [-0.15, -0.1) is 0 Å². The molecule has 0 spiro atoms. The standard InChI is InChI=1S/C11H18O2/c1-3-4-5-11(13)7-6-10(2)8-9-12/h8,11-13H,3-5,9H2,1-2H3. The Morgan fingerprint density at radius 2 is 2.23 bits per heavy atom. The molecule has 0 amide bonds. The molecule has 0 aromatic carbocycles. The lowest BCUT2D eigenvalue weighted by atomic mass is 10.1. The van der Waals surface area contributed by atoms with Crippen LogP contribution in [0.2, 0.25) is 0 Å². The van der Waals surface area contributed by atoms with Gasteiger partial charge in [0, 0.05) is 0 Å². The van der Waals surface area contributed by atoms with Crippen LogP contribution >= 0.6 is 0 Å². The maximum atomic E-state index is 9.33. The van der Waals surface area contributed by atoms with Gasteiger partial charge in [0.05, 0.1) is 6.61 Å². The van der Waals surface area contributed by atoms with Crippen LogP contribution in [0, 0.1) is 11.8 Å². The quantitative estimate of drug-likeness (QED) is 0.646. The molecule has 0 saturated heterocycles. The van der Waals surface area contributed by atoms with Crippen LogP contribution in [-0.4, -0.2) is 22.9 Å². The molecule has 0 radical (unpaired) electrons. The Morgan fingerprint density at radius 1 is 1.54 bits per heavy atom. The lowest BCUT2D eigenvalue weighted by molar-refractivity contribution is 0.218. The summed E-state index contributed by atoms with van der Waals surface area (Å²) in [6.45, 7) is 3.90. The average Bonchev–Trinajstić information content (AvgIpc) is 2.12. The zero-order valence-electron chi connectivity index (χ0n) is 8.38. The van der Waals surface area contributed by atoms with Gasteiger partial charge in [-0.3, -0.25) is 0 Å². The number of aliphatic hydroxyl groups excluding tert-OH is 2. The molecule has 2 nitrogen and oxygen atoms in total. The first kappa shape index (κ1) is 12.2. The lowest BCUT2D eigenvalue weighted by Gasteiger charge is -1.99. The van der Waals surface area contributed by atoms with E-state index in [1.165, 1.54) is 0 Å². The molecule has 0 aromatic heterocycles. The van der Waals surface area contributed by atoms with Gasteiger partial charge in [0.25, 0.3) is 0 Å². The topological polar surface area (TPSA) is 40.5 Å². The molecule has 0 heterocycles. The molecular formula is C11H18O2. The van der Waals surface area contributed by atoms with Crippen molar-refractivity contribution in [3.8, 4) is 11.8 Å². The van der Waals surface area contributed by atoms with E-state index >= 15 is 0 Å². The normalized spacial score (nSPS) is 13.4. The summed E-state index contributed by atoms with van der Waals surface area (Å²) in [6.07, 6.45) is 3.90. The summed E-state index contributed by atoms with van der Waals surface area (Å²) in [7, 11) is 0. The van der Waals surface area contributed by atoms with E-state index in [9.17, 15) is 5.11 Å². The molecule has 13 heavy (non-hydrogen) atoms. The molecule has 2 heteroatoms. The highest BCUT2D eigenvalue weighted by Gasteiger charge is 1.96. The highest BCUT2D eigenvalue weighted by molar-refractivity contribution is 5.27. The van der Waals surface area contributed by atoms with E-state index in [0.717, 1.165) is 24.8 Å². The second-order valence-corrected chi connectivity index (χ2v) is 3.00. The number of unbranched alkanes of at least 4 members (excludes halogenated alkanes) is 1. The van der Waals surface area contributed by atoms with Crippen LogP contribution in [0.1, 0.15) is 33.1 Å². The number of hydrogen-bond acceptors (Lipinski definition) is 2. The van der Waals surface area contributed by atoms with E-state index < -0.39 is 6.10 Å².